The van der Waals surface area contributed by atoms with Crippen molar-refractivity contribution < 1.29 is 17.9 Å². The fraction of sp³-hybridized carbons (Fsp3) is 0.632. The number of ether oxygens (including phenoxy) is 1. The number of carbonyl (C=O) groups is 1. The summed E-state index contributed by atoms with van der Waals surface area (Å²) in [5, 5.41) is 2.95. The Labute approximate surface area is 175 Å². The smallest absolute Gasteiger partial charge is 0.281 e. The largest absolute Gasteiger partial charge is 0.496 e. The van der Waals surface area contributed by atoms with Crippen molar-refractivity contribution in [2.45, 2.75) is 38.6 Å². The molecule has 2 saturated heterocycles. The minimum atomic E-state index is -3.47. The molecule has 1 atom stereocenters. The van der Waals surface area contributed by atoms with Gasteiger partial charge >= 0.3 is 0 Å². The molecule has 1 aromatic carbocycles. The molecule has 2 aliphatic rings. The summed E-state index contributed by atoms with van der Waals surface area (Å²) < 4.78 is 35.1. The lowest BCUT2D eigenvalue weighted by molar-refractivity contribution is -0.126. The van der Waals surface area contributed by atoms with Crippen molar-refractivity contribution in [2.75, 3.05) is 33.3 Å². The maximum Gasteiger partial charge on any atom is 0.281 e. The Morgan fingerprint density at radius 2 is 1.89 bits per heavy atom. The molecule has 2 fully saturated rings. The van der Waals surface area contributed by atoms with Crippen LogP contribution in [0.4, 0.5) is 0 Å². The van der Waals surface area contributed by atoms with E-state index < -0.39 is 10.2 Å². The molecule has 0 spiro atoms. The van der Waals surface area contributed by atoms with Gasteiger partial charge in [0.15, 0.2) is 0 Å². The van der Waals surface area contributed by atoms with Crippen LogP contribution in [0.2, 0.25) is 0 Å². The van der Waals surface area contributed by atoms with Gasteiger partial charge in [0.05, 0.1) is 13.0 Å². The van der Waals surface area contributed by atoms with Crippen LogP contribution in [0.3, 0.4) is 0 Å². The number of halogens is 1. The standard InChI is InChI=1S/C19H28BrN3O4S/c1-27-18-8-7-17(20)12-16(18)13-21-19(24)15-6-5-11-23(14-15)28(25,26)22-9-3-2-4-10-22/h7-8,12,15H,2-6,9-11,13-14H2,1H3,(H,21,24)/t15-/m1/s1. The zero-order valence-electron chi connectivity index (χ0n) is 16.2. The molecule has 2 heterocycles. The second kappa shape index (κ2) is 9.56. The highest BCUT2D eigenvalue weighted by Crippen LogP contribution is 2.25. The average Bonchev–Trinajstić information content (AvgIpc) is 2.73. The first-order valence-corrected chi connectivity index (χ1v) is 12.0. The summed E-state index contributed by atoms with van der Waals surface area (Å²) in [7, 11) is -1.88. The molecule has 1 aromatic rings. The zero-order chi connectivity index (χ0) is 20.1. The number of rotatable bonds is 6. The second-order valence-electron chi connectivity index (χ2n) is 7.34. The van der Waals surface area contributed by atoms with Gasteiger partial charge in [-0.1, -0.05) is 22.4 Å². The first-order chi connectivity index (χ1) is 13.4. The predicted octanol–water partition coefficient (Wildman–Crippen LogP) is 2.52. The summed E-state index contributed by atoms with van der Waals surface area (Å²) in [5.74, 6) is 0.272. The number of benzene rings is 1. The van der Waals surface area contributed by atoms with Crippen LogP contribution in [0, 0.1) is 5.92 Å². The van der Waals surface area contributed by atoms with Gasteiger partial charge in [0.2, 0.25) is 5.91 Å². The normalized spacial score (nSPS) is 22.0. The molecule has 1 amide bonds. The maximum atomic E-state index is 12.9. The van der Waals surface area contributed by atoms with Crippen LogP contribution < -0.4 is 10.1 Å². The summed E-state index contributed by atoms with van der Waals surface area (Å²) >= 11 is 3.43. The third-order valence-electron chi connectivity index (χ3n) is 5.42. The number of carbonyl (C=O) groups excluding carboxylic acids is 1. The molecule has 2 aliphatic heterocycles. The zero-order valence-corrected chi connectivity index (χ0v) is 18.6. The minimum Gasteiger partial charge on any atom is -0.496 e. The summed E-state index contributed by atoms with van der Waals surface area (Å²) in [6, 6.07) is 5.64. The van der Waals surface area contributed by atoms with Gasteiger partial charge in [-0.15, -0.1) is 0 Å². The predicted molar refractivity (Wildman–Crippen MR) is 111 cm³/mol. The first kappa shape index (κ1) is 21.5. The quantitative estimate of drug-likeness (QED) is 0.688. The first-order valence-electron chi connectivity index (χ1n) is 9.77. The molecular weight excluding hydrogens is 446 g/mol. The number of piperidine rings is 2. The molecule has 7 nitrogen and oxygen atoms in total. The summed E-state index contributed by atoms with van der Waals surface area (Å²) in [4.78, 5) is 12.7. The number of nitrogens with one attached hydrogen (secondary N) is 1. The monoisotopic (exact) mass is 473 g/mol. The molecule has 156 valence electrons. The third-order valence-corrected chi connectivity index (χ3v) is 7.91. The van der Waals surface area contributed by atoms with Gasteiger partial charge < -0.3 is 10.1 Å². The van der Waals surface area contributed by atoms with Gasteiger partial charge in [-0.25, -0.2) is 0 Å². The van der Waals surface area contributed by atoms with E-state index in [-0.39, 0.29) is 18.4 Å². The van der Waals surface area contributed by atoms with Crippen LogP contribution >= 0.6 is 15.9 Å². The molecule has 28 heavy (non-hydrogen) atoms. The van der Waals surface area contributed by atoms with E-state index in [1.807, 2.05) is 18.2 Å². The topological polar surface area (TPSA) is 79.0 Å². The number of nitrogens with zero attached hydrogens (tertiary/aromatic N) is 2. The van der Waals surface area contributed by atoms with Gasteiger partial charge in [0, 0.05) is 42.8 Å². The Balaban J connectivity index is 1.61. The van der Waals surface area contributed by atoms with E-state index in [4.69, 9.17) is 4.74 Å². The van der Waals surface area contributed by atoms with Gasteiger partial charge in [-0.05, 0) is 43.9 Å². The lowest BCUT2D eigenvalue weighted by Crippen LogP contribution is -2.51. The van der Waals surface area contributed by atoms with E-state index in [1.54, 1.807) is 11.4 Å². The molecule has 0 bridgehead atoms. The highest BCUT2D eigenvalue weighted by molar-refractivity contribution is 9.10. The average molecular weight is 474 g/mol. The summed E-state index contributed by atoms with van der Waals surface area (Å²) in [6.07, 6.45) is 4.30. The van der Waals surface area contributed by atoms with E-state index in [0.717, 1.165) is 29.3 Å². The second-order valence-corrected chi connectivity index (χ2v) is 10.2. The molecule has 0 aromatic heterocycles. The van der Waals surface area contributed by atoms with Crippen molar-refractivity contribution in [1.29, 1.82) is 0 Å². The van der Waals surface area contributed by atoms with Crippen molar-refractivity contribution >= 4 is 32.0 Å². The number of hydrogen-bond donors (Lipinski definition) is 1. The van der Waals surface area contributed by atoms with E-state index in [2.05, 4.69) is 21.2 Å². The van der Waals surface area contributed by atoms with Crippen LogP contribution in [0.5, 0.6) is 5.75 Å². The highest BCUT2D eigenvalue weighted by Gasteiger charge is 2.36. The molecule has 3 rings (SSSR count). The SMILES string of the molecule is COc1ccc(Br)cc1CNC(=O)[C@@H]1CCCN(S(=O)(=O)N2CCCCC2)C1. The van der Waals surface area contributed by atoms with Crippen molar-refractivity contribution in [3.8, 4) is 5.75 Å². The molecule has 0 aliphatic carbocycles. The third kappa shape index (κ3) is 5.06. The highest BCUT2D eigenvalue weighted by atomic mass is 79.9. The van der Waals surface area contributed by atoms with Gasteiger partial charge in [-0.3, -0.25) is 4.79 Å². The fourth-order valence-electron chi connectivity index (χ4n) is 3.84. The fourth-order valence-corrected chi connectivity index (χ4v) is 6.02. The van der Waals surface area contributed by atoms with Crippen LogP contribution in [0.1, 0.15) is 37.7 Å². The van der Waals surface area contributed by atoms with Gasteiger partial charge in [0.1, 0.15) is 5.75 Å². The van der Waals surface area contributed by atoms with Crippen molar-refractivity contribution in [2.24, 2.45) is 5.92 Å². The Kier molecular flexibility index (Phi) is 7.36. The summed E-state index contributed by atoms with van der Waals surface area (Å²) in [6.45, 7) is 2.25. The van der Waals surface area contributed by atoms with E-state index in [0.29, 0.717) is 44.8 Å². The lowest BCUT2D eigenvalue weighted by atomic mass is 9.98. The van der Waals surface area contributed by atoms with Crippen molar-refractivity contribution in [1.82, 2.24) is 13.9 Å². The Hall–Kier alpha value is -1.16. The van der Waals surface area contributed by atoms with E-state index in [9.17, 15) is 13.2 Å². The Morgan fingerprint density at radius 1 is 1.18 bits per heavy atom. The molecular formula is C19H28BrN3O4S. The van der Waals surface area contributed by atoms with Crippen molar-refractivity contribution in [3.05, 3.63) is 28.2 Å². The van der Waals surface area contributed by atoms with E-state index >= 15 is 0 Å². The maximum absolute atomic E-state index is 12.9. The number of amides is 1. The minimum absolute atomic E-state index is 0.111. The van der Waals surface area contributed by atoms with Crippen LogP contribution in [0.25, 0.3) is 0 Å². The number of methoxy groups -OCH3 is 1. The number of hydrogen-bond acceptors (Lipinski definition) is 4. The molecule has 1 N–H and O–H groups in total. The lowest BCUT2D eigenvalue weighted by Gasteiger charge is -2.36. The van der Waals surface area contributed by atoms with Gasteiger partial charge in [0.25, 0.3) is 10.2 Å². The summed E-state index contributed by atoms with van der Waals surface area (Å²) in [5.41, 5.74) is 0.874. The van der Waals surface area contributed by atoms with Crippen molar-refractivity contribution in [3.63, 3.8) is 0 Å². The van der Waals surface area contributed by atoms with Crippen LogP contribution in [0.15, 0.2) is 22.7 Å². The Bertz CT molecular complexity index is 796. The molecule has 0 radical (unpaired) electrons. The molecule has 0 saturated carbocycles. The Morgan fingerprint density at radius 3 is 2.61 bits per heavy atom. The van der Waals surface area contributed by atoms with E-state index in [1.165, 1.54) is 4.31 Å². The molecule has 0 unspecified atom stereocenters. The van der Waals surface area contributed by atoms with Crippen LogP contribution in [-0.4, -0.2) is 56.2 Å². The molecule has 9 heteroatoms. The van der Waals surface area contributed by atoms with Crippen LogP contribution in [-0.2, 0) is 21.5 Å². The van der Waals surface area contributed by atoms with Gasteiger partial charge in [-0.2, -0.15) is 17.0 Å².